The molecule has 2 bridgehead atoms. The molecule has 0 radical (unpaired) electrons. The van der Waals surface area contributed by atoms with Gasteiger partial charge < -0.3 is 9.84 Å². The highest BCUT2D eigenvalue weighted by atomic mass is 16.5. The molecule has 2 fully saturated rings. The molecule has 0 aromatic heterocycles. The number of piperidine rings is 1. The van der Waals surface area contributed by atoms with E-state index in [0.29, 0.717) is 18.7 Å². The number of rotatable bonds is 5. The Hall–Kier alpha value is -0.900. The molecule has 110 valence electrons. The van der Waals surface area contributed by atoms with Crippen LogP contribution < -0.4 is 0 Å². The second-order valence-electron chi connectivity index (χ2n) is 6.42. The Bertz CT molecular complexity index is 420. The third kappa shape index (κ3) is 2.90. The van der Waals surface area contributed by atoms with Gasteiger partial charge in [-0.3, -0.25) is 4.90 Å². The third-order valence-electron chi connectivity index (χ3n) is 4.98. The number of aliphatic hydroxyl groups is 1. The van der Waals surface area contributed by atoms with Crippen molar-refractivity contribution in [2.75, 3.05) is 13.7 Å². The van der Waals surface area contributed by atoms with E-state index >= 15 is 0 Å². The van der Waals surface area contributed by atoms with Crippen LogP contribution in [-0.4, -0.2) is 41.4 Å². The maximum atomic E-state index is 10.8. The smallest absolute Gasteiger partial charge is 0.0699 e. The fraction of sp³-hybridized carbons (Fsp3) is 0.647. The molecule has 2 aliphatic rings. The van der Waals surface area contributed by atoms with Crippen LogP contribution >= 0.6 is 0 Å². The second-order valence-corrected chi connectivity index (χ2v) is 6.42. The van der Waals surface area contributed by atoms with Gasteiger partial charge in [-0.15, -0.1) is 0 Å². The minimum Gasteiger partial charge on any atom is -0.390 e. The molecule has 1 aromatic rings. The Morgan fingerprint density at radius 1 is 1.20 bits per heavy atom. The first-order valence-electron chi connectivity index (χ1n) is 7.71. The fourth-order valence-electron chi connectivity index (χ4n) is 3.96. The summed E-state index contributed by atoms with van der Waals surface area (Å²) in [7, 11) is 1.71. The molecule has 0 saturated carbocycles. The van der Waals surface area contributed by atoms with Crippen molar-refractivity contribution in [2.24, 2.45) is 0 Å². The minimum absolute atomic E-state index is 0.505. The lowest BCUT2D eigenvalue weighted by Gasteiger charge is -2.44. The molecule has 20 heavy (non-hydrogen) atoms. The SMILES string of the molecule is COCCC1(O)CC2CCC(C1)N2Cc1ccccc1. The molecule has 0 spiro atoms. The first kappa shape index (κ1) is 14.1. The molecule has 2 saturated heterocycles. The zero-order chi connectivity index (χ0) is 14.0. The summed E-state index contributed by atoms with van der Waals surface area (Å²) in [6.07, 6.45) is 5.04. The van der Waals surface area contributed by atoms with Crippen LogP contribution in [0.5, 0.6) is 0 Å². The van der Waals surface area contributed by atoms with Crippen LogP contribution in [0.15, 0.2) is 30.3 Å². The predicted molar refractivity (Wildman–Crippen MR) is 79.5 cm³/mol. The van der Waals surface area contributed by atoms with Crippen molar-refractivity contribution in [3.63, 3.8) is 0 Å². The predicted octanol–water partition coefficient (Wildman–Crippen LogP) is 2.58. The quantitative estimate of drug-likeness (QED) is 0.896. The van der Waals surface area contributed by atoms with Gasteiger partial charge in [0.15, 0.2) is 0 Å². The van der Waals surface area contributed by atoms with E-state index in [4.69, 9.17) is 4.74 Å². The van der Waals surface area contributed by atoms with Crippen LogP contribution in [0.25, 0.3) is 0 Å². The van der Waals surface area contributed by atoms with E-state index in [1.807, 2.05) is 0 Å². The number of hydrogen-bond acceptors (Lipinski definition) is 3. The van der Waals surface area contributed by atoms with Gasteiger partial charge >= 0.3 is 0 Å². The highest BCUT2D eigenvalue weighted by Crippen LogP contribution is 2.42. The summed E-state index contributed by atoms with van der Waals surface area (Å²) < 4.78 is 5.15. The van der Waals surface area contributed by atoms with Gasteiger partial charge in [-0.2, -0.15) is 0 Å². The molecular formula is C17H25NO2. The normalized spacial score (nSPS) is 33.5. The summed E-state index contributed by atoms with van der Waals surface area (Å²) in [6.45, 7) is 1.69. The molecule has 3 nitrogen and oxygen atoms in total. The Labute approximate surface area is 121 Å². The molecule has 3 heteroatoms. The van der Waals surface area contributed by atoms with Crippen LogP contribution in [0.3, 0.4) is 0 Å². The summed E-state index contributed by atoms with van der Waals surface area (Å²) in [4.78, 5) is 2.61. The van der Waals surface area contributed by atoms with Gasteiger partial charge in [-0.25, -0.2) is 0 Å². The Balaban J connectivity index is 1.66. The van der Waals surface area contributed by atoms with Crippen LogP contribution in [0.4, 0.5) is 0 Å². The van der Waals surface area contributed by atoms with Gasteiger partial charge in [0.2, 0.25) is 0 Å². The molecular weight excluding hydrogens is 250 g/mol. The lowest BCUT2D eigenvalue weighted by molar-refractivity contribution is -0.0697. The van der Waals surface area contributed by atoms with Crippen molar-refractivity contribution in [2.45, 2.75) is 56.3 Å². The molecule has 0 amide bonds. The second kappa shape index (κ2) is 5.84. The standard InChI is InChI=1S/C17H25NO2/c1-20-10-9-17(19)11-15-7-8-16(12-17)18(15)13-14-5-3-2-4-6-14/h2-6,15-16,19H,7-13H2,1H3. The summed E-state index contributed by atoms with van der Waals surface area (Å²) in [5.74, 6) is 0. The van der Waals surface area contributed by atoms with E-state index in [9.17, 15) is 5.11 Å². The molecule has 0 aliphatic carbocycles. The first-order valence-corrected chi connectivity index (χ1v) is 7.71. The molecule has 2 heterocycles. The molecule has 3 rings (SSSR count). The Morgan fingerprint density at radius 2 is 1.85 bits per heavy atom. The topological polar surface area (TPSA) is 32.7 Å². The van der Waals surface area contributed by atoms with Crippen molar-refractivity contribution < 1.29 is 9.84 Å². The van der Waals surface area contributed by atoms with E-state index in [0.717, 1.165) is 25.8 Å². The van der Waals surface area contributed by atoms with E-state index in [1.165, 1.54) is 18.4 Å². The van der Waals surface area contributed by atoms with E-state index in [1.54, 1.807) is 7.11 Å². The molecule has 1 N–H and O–H groups in total. The number of hydrogen-bond donors (Lipinski definition) is 1. The zero-order valence-corrected chi connectivity index (χ0v) is 12.3. The molecule has 1 aromatic carbocycles. The maximum Gasteiger partial charge on any atom is 0.0699 e. The number of benzene rings is 1. The largest absolute Gasteiger partial charge is 0.390 e. The lowest BCUT2D eigenvalue weighted by Crippen LogP contribution is -2.50. The summed E-state index contributed by atoms with van der Waals surface area (Å²) in [5, 5.41) is 10.8. The number of fused-ring (bicyclic) bond motifs is 2. The fourth-order valence-corrected chi connectivity index (χ4v) is 3.96. The number of nitrogens with zero attached hydrogens (tertiary/aromatic N) is 1. The highest BCUT2D eigenvalue weighted by Gasteiger charge is 2.46. The average Bonchev–Trinajstić information content (AvgIpc) is 2.71. The average molecular weight is 275 g/mol. The van der Waals surface area contributed by atoms with Gasteiger partial charge in [0.25, 0.3) is 0 Å². The highest BCUT2D eigenvalue weighted by molar-refractivity contribution is 5.16. The lowest BCUT2D eigenvalue weighted by atomic mass is 9.83. The van der Waals surface area contributed by atoms with Gasteiger partial charge in [0.05, 0.1) is 5.60 Å². The van der Waals surface area contributed by atoms with Crippen LogP contribution in [0.2, 0.25) is 0 Å². The van der Waals surface area contributed by atoms with Crippen molar-refractivity contribution in [1.82, 2.24) is 4.90 Å². The third-order valence-corrected chi connectivity index (χ3v) is 4.98. The van der Waals surface area contributed by atoms with Crippen LogP contribution in [0, 0.1) is 0 Å². The molecule has 2 atom stereocenters. The maximum absolute atomic E-state index is 10.8. The van der Waals surface area contributed by atoms with Gasteiger partial charge in [0.1, 0.15) is 0 Å². The van der Waals surface area contributed by atoms with Crippen molar-refractivity contribution >= 4 is 0 Å². The Kier molecular flexibility index (Phi) is 4.11. The summed E-state index contributed by atoms with van der Waals surface area (Å²) in [5.41, 5.74) is 0.876. The van der Waals surface area contributed by atoms with Crippen molar-refractivity contribution in [3.05, 3.63) is 35.9 Å². The van der Waals surface area contributed by atoms with Gasteiger partial charge in [-0.1, -0.05) is 30.3 Å². The van der Waals surface area contributed by atoms with E-state index < -0.39 is 5.60 Å². The molecule has 2 unspecified atom stereocenters. The zero-order valence-electron chi connectivity index (χ0n) is 12.3. The number of methoxy groups -OCH3 is 1. The summed E-state index contributed by atoms with van der Waals surface area (Å²) in [6, 6.07) is 11.8. The van der Waals surface area contributed by atoms with Gasteiger partial charge in [-0.05, 0) is 37.7 Å². The monoisotopic (exact) mass is 275 g/mol. The van der Waals surface area contributed by atoms with Crippen LogP contribution in [-0.2, 0) is 11.3 Å². The minimum atomic E-state index is -0.505. The van der Waals surface area contributed by atoms with Gasteiger partial charge in [0, 0.05) is 32.3 Å². The number of ether oxygens (including phenoxy) is 1. The van der Waals surface area contributed by atoms with E-state index in [-0.39, 0.29) is 0 Å². The molecule has 2 aliphatic heterocycles. The van der Waals surface area contributed by atoms with Crippen molar-refractivity contribution in [1.29, 1.82) is 0 Å². The van der Waals surface area contributed by atoms with Crippen molar-refractivity contribution in [3.8, 4) is 0 Å². The van der Waals surface area contributed by atoms with E-state index in [2.05, 4.69) is 35.2 Å². The summed E-state index contributed by atoms with van der Waals surface area (Å²) >= 11 is 0. The Morgan fingerprint density at radius 3 is 2.45 bits per heavy atom. The first-order chi connectivity index (χ1) is 9.70. The van der Waals surface area contributed by atoms with Crippen LogP contribution in [0.1, 0.15) is 37.7 Å².